The Morgan fingerprint density at radius 2 is 1.71 bits per heavy atom. The standard InChI is InChI=1S/C8H15NO.2C2H6/c1-6(2)8(10)7-4-3-5-9-7;2*1-2/h6-7,9H,3-5H2,1-2H3;2*1-2H3. The topological polar surface area (TPSA) is 29.1 Å². The van der Waals surface area contributed by atoms with E-state index in [1.165, 1.54) is 0 Å². The fourth-order valence-corrected chi connectivity index (χ4v) is 1.33. The number of hydrogen-bond acceptors (Lipinski definition) is 2. The number of carbonyl (C=O) groups is 1. The van der Waals surface area contributed by atoms with Gasteiger partial charge in [-0.25, -0.2) is 0 Å². The van der Waals surface area contributed by atoms with Crippen LogP contribution in [0.4, 0.5) is 0 Å². The summed E-state index contributed by atoms with van der Waals surface area (Å²) in [6.07, 6.45) is 2.19. The molecule has 2 heteroatoms. The Balaban J connectivity index is 0. The Morgan fingerprint density at radius 1 is 1.21 bits per heavy atom. The van der Waals surface area contributed by atoms with Crippen molar-refractivity contribution in [3.63, 3.8) is 0 Å². The first-order valence-electron chi connectivity index (χ1n) is 5.99. The van der Waals surface area contributed by atoms with Gasteiger partial charge in [-0.3, -0.25) is 4.79 Å². The lowest BCUT2D eigenvalue weighted by Gasteiger charge is -2.10. The number of hydrogen-bond donors (Lipinski definition) is 1. The van der Waals surface area contributed by atoms with Gasteiger partial charge in [0.05, 0.1) is 6.04 Å². The van der Waals surface area contributed by atoms with Gasteiger partial charge in [0, 0.05) is 5.92 Å². The molecule has 1 N–H and O–H groups in total. The third kappa shape index (κ3) is 6.14. The van der Waals surface area contributed by atoms with Gasteiger partial charge in [0.25, 0.3) is 0 Å². The molecule has 1 aliphatic heterocycles. The molecule has 0 aromatic rings. The number of Topliss-reactive ketones (excluding diaryl/α,β-unsaturated/α-hetero) is 1. The van der Waals surface area contributed by atoms with Gasteiger partial charge in [-0.15, -0.1) is 0 Å². The van der Waals surface area contributed by atoms with Gasteiger partial charge in [-0.1, -0.05) is 41.5 Å². The molecule has 0 aromatic heterocycles. The zero-order valence-electron chi connectivity index (χ0n) is 10.7. The molecule has 86 valence electrons. The van der Waals surface area contributed by atoms with Crippen LogP contribution in [0.2, 0.25) is 0 Å². The van der Waals surface area contributed by atoms with E-state index in [4.69, 9.17) is 0 Å². The summed E-state index contributed by atoms with van der Waals surface area (Å²) in [4.78, 5) is 11.3. The monoisotopic (exact) mass is 201 g/mol. The summed E-state index contributed by atoms with van der Waals surface area (Å²) in [7, 11) is 0. The molecule has 2 nitrogen and oxygen atoms in total. The van der Waals surface area contributed by atoms with Crippen molar-refractivity contribution in [2.45, 2.75) is 60.4 Å². The van der Waals surface area contributed by atoms with E-state index < -0.39 is 0 Å². The summed E-state index contributed by atoms with van der Waals surface area (Å²) in [5.74, 6) is 0.563. The summed E-state index contributed by atoms with van der Waals surface area (Å²) >= 11 is 0. The maximum Gasteiger partial charge on any atom is 0.152 e. The van der Waals surface area contributed by atoms with Crippen molar-refractivity contribution in [1.82, 2.24) is 5.32 Å². The fourth-order valence-electron chi connectivity index (χ4n) is 1.33. The van der Waals surface area contributed by atoms with E-state index in [-0.39, 0.29) is 12.0 Å². The molecule has 14 heavy (non-hydrogen) atoms. The lowest BCUT2D eigenvalue weighted by Crippen LogP contribution is -2.33. The molecule has 0 saturated carbocycles. The SMILES string of the molecule is CC.CC.CC(C)C(=O)C1CCCN1. The molecule has 1 aliphatic rings. The molecule has 0 aromatic carbocycles. The van der Waals surface area contributed by atoms with Crippen LogP contribution in [0.5, 0.6) is 0 Å². The third-order valence-corrected chi connectivity index (χ3v) is 1.97. The van der Waals surface area contributed by atoms with Gasteiger partial charge in [-0.2, -0.15) is 0 Å². The first-order chi connectivity index (χ1) is 6.72. The van der Waals surface area contributed by atoms with E-state index in [1.54, 1.807) is 0 Å². The van der Waals surface area contributed by atoms with Crippen LogP contribution in [0.1, 0.15) is 54.4 Å². The van der Waals surface area contributed by atoms with Gasteiger partial charge in [-0.05, 0) is 19.4 Å². The molecule has 1 unspecified atom stereocenters. The lowest BCUT2D eigenvalue weighted by molar-refractivity contribution is -0.123. The Hall–Kier alpha value is -0.370. The van der Waals surface area contributed by atoms with E-state index in [9.17, 15) is 4.79 Å². The zero-order valence-corrected chi connectivity index (χ0v) is 10.7. The largest absolute Gasteiger partial charge is 0.307 e. The predicted molar refractivity (Wildman–Crippen MR) is 63.6 cm³/mol. The van der Waals surface area contributed by atoms with Crippen molar-refractivity contribution in [3.05, 3.63) is 0 Å². The molecule has 1 saturated heterocycles. The van der Waals surface area contributed by atoms with Crippen molar-refractivity contribution in [3.8, 4) is 0 Å². The molecule has 1 heterocycles. The molecule has 1 rings (SSSR count). The Morgan fingerprint density at radius 3 is 2.00 bits per heavy atom. The first kappa shape index (κ1) is 16.1. The molecular formula is C12H27NO. The average molecular weight is 201 g/mol. The molecule has 0 spiro atoms. The number of nitrogens with one attached hydrogen (secondary N) is 1. The fraction of sp³-hybridized carbons (Fsp3) is 0.917. The highest BCUT2D eigenvalue weighted by Gasteiger charge is 2.23. The minimum Gasteiger partial charge on any atom is -0.307 e. The average Bonchev–Trinajstić information content (AvgIpc) is 2.75. The third-order valence-electron chi connectivity index (χ3n) is 1.97. The van der Waals surface area contributed by atoms with Gasteiger partial charge in [0.15, 0.2) is 5.78 Å². The minimum atomic E-state index is 0.167. The van der Waals surface area contributed by atoms with Gasteiger partial charge < -0.3 is 5.32 Å². The van der Waals surface area contributed by atoms with E-state index in [2.05, 4.69) is 5.32 Å². The Bertz CT molecular complexity index is 126. The van der Waals surface area contributed by atoms with Crippen LogP contribution in [0.15, 0.2) is 0 Å². The predicted octanol–water partition coefficient (Wildman–Crippen LogP) is 3.02. The van der Waals surface area contributed by atoms with Gasteiger partial charge >= 0.3 is 0 Å². The van der Waals surface area contributed by atoms with Crippen molar-refractivity contribution < 1.29 is 4.79 Å². The summed E-state index contributed by atoms with van der Waals surface area (Å²) in [6, 6.07) is 0.167. The maximum absolute atomic E-state index is 11.3. The molecule has 0 radical (unpaired) electrons. The van der Waals surface area contributed by atoms with Gasteiger partial charge in [0.1, 0.15) is 0 Å². The minimum absolute atomic E-state index is 0.167. The second-order valence-corrected chi connectivity index (χ2v) is 3.21. The molecule has 1 atom stereocenters. The second kappa shape index (κ2) is 10.7. The highest BCUT2D eigenvalue weighted by Crippen LogP contribution is 2.10. The van der Waals surface area contributed by atoms with Crippen LogP contribution in [-0.4, -0.2) is 18.4 Å². The van der Waals surface area contributed by atoms with Crippen LogP contribution in [0.3, 0.4) is 0 Å². The molecule has 1 fully saturated rings. The smallest absolute Gasteiger partial charge is 0.152 e. The lowest BCUT2D eigenvalue weighted by atomic mass is 10.0. The summed E-state index contributed by atoms with van der Waals surface area (Å²) < 4.78 is 0. The zero-order chi connectivity index (χ0) is 11.6. The highest BCUT2D eigenvalue weighted by molar-refractivity contribution is 5.85. The summed E-state index contributed by atoms with van der Waals surface area (Å²) in [6.45, 7) is 12.9. The second-order valence-electron chi connectivity index (χ2n) is 3.21. The van der Waals surface area contributed by atoms with Crippen molar-refractivity contribution in [1.29, 1.82) is 0 Å². The van der Waals surface area contributed by atoms with Crippen molar-refractivity contribution in [2.24, 2.45) is 5.92 Å². The van der Waals surface area contributed by atoms with E-state index >= 15 is 0 Å². The molecule has 0 amide bonds. The number of carbonyl (C=O) groups excluding carboxylic acids is 1. The Kier molecular flexibility index (Phi) is 12.3. The quantitative estimate of drug-likeness (QED) is 0.744. The molecule has 0 aliphatic carbocycles. The van der Waals surface area contributed by atoms with Crippen LogP contribution in [-0.2, 0) is 4.79 Å². The highest BCUT2D eigenvalue weighted by atomic mass is 16.1. The Labute approximate surface area is 89.5 Å². The first-order valence-corrected chi connectivity index (χ1v) is 5.99. The van der Waals surface area contributed by atoms with Crippen LogP contribution in [0, 0.1) is 5.92 Å². The normalized spacial score (nSPS) is 19.2. The van der Waals surface area contributed by atoms with Crippen molar-refractivity contribution >= 4 is 5.78 Å². The van der Waals surface area contributed by atoms with Gasteiger partial charge in [0.2, 0.25) is 0 Å². The van der Waals surface area contributed by atoms with Crippen LogP contribution >= 0.6 is 0 Å². The number of ketones is 1. The van der Waals surface area contributed by atoms with Crippen LogP contribution < -0.4 is 5.32 Å². The van der Waals surface area contributed by atoms with E-state index in [0.29, 0.717) is 5.78 Å². The van der Waals surface area contributed by atoms with E-state index in [1.807, 2.05) is 41.5 Å². The molecule has 0 bridgehead atoms. The number of rotatable bonds is 2. The maximum atomic E-state index is 11.3. The summed E-state index contributed by atoms with van der Waals surface area (Å²) in [5.41, 5.74) is 0. The summed E-state index contributed by atoms with van der Waals surface area (Å²) in [5, 5.41) is 3.19. The van der Waals surface area contributed by atoms with Crippen molar-refractivity contribution in [2.75, 3.05) is 6.54 Å². The van der Waals surface area contributed by atoms with Crippen LogP contribution in [0.25, 0.3) is 0 Å². The van der Waals surface area contributed by atoms with E-state index in [0.717, 1.165) is 19.4 Å². The molecular weight excluding hydrogens is 174 g/mol.